The Morgan fingerprint density at radius 1 is 1.14 bits per heavy atom. The molecule has 0 saturated heterocycles. The van der Waals surface area contributed by atoms with Gasteiger partial charge in [0.25, 0.3) is 10.0 Å². The standard InChI is InChI=1S/C16H11BrF3NO6S/c1-27-15(24)12-7-11(2-3-13(12)17)28(25,26)21-10-5-8(14(22)23)4-9(6-10)16(18,19)20/h2-7,21H,1H3,(H,22,23). The number of nitrogens with one attached hydrogen (secondary N) is 1. The third-order valence-corrected chi connectivity index (χ3v) is 5.48. The predicted octanol–water partition coefficient (Wildman–Crippen LogP) is 3.75. The number of rotatable bonds is 5. The van der Waals surface area contributed by atoms with Gasteiger partial charge >= 0.3 is 18.1 Å². The number of benzene rings is 2. The zero-order chi connectivity index (χ0) is 21.3. The highest BCUT2D eigenvalue weighted by Crippen LogP contribution is 2.33. The molecule has 28 heavy (non-hydrogen) atoms. The number of ether oxygens (including phenoxy) is 1. The zero-order valence-electron chi connectivity index (χ0n) is 13.9. The van der Waals surface area contributed by atoms with Crippen LogP contribution in [-0.4, -0.2) is 32.6 Å². The first-order valence-electron chi connectivity index (χ1n) is 7.21. The quantitative estimate of drug-likeness (QED) is 0.629. The predicted molar refractivity (Wildman–Crippen MR) is 94.7 cm³/mol. The molecule has 0 amide bonds. The van der Waals surface area contributed by atoms with Crippen molar-refractivity contribution in [2.75, 3.05) is 11.8 Å². The van der Waals surface area contributed by atoms with Crippen LogP contribution < -0.4 is 4.72 Å². The van der Waals surface area contributed by atoms with Crippen molar-refractivity contribution in [1.82, 2.24) is 0 Å². The van der Waals surface area contributed by atoms with E-state index in [1.807, 2.05) is 4.72 Å². The van der Waals surface area contributed by atoms with Crippen LogP contribution in [0.1, 0.15) is 26.3 Å². The SMILES string of the molecule is COC(=O)c1cc(S(=O)(=O)Nc2cc(C(=O)O)cc(C(F)(F)F)c2)ccc1Br. The summed E-state index contributed by atoms with van der Waals surface area (Å²) in [6, 6.07) is 4.90. The van der Waals surface area contributed by atoms with E-state index in [1.165, 1.54) is 6.07 Å². The molecule has 2 aromatic rings. The Labute approximate surface area is 165 Å². The highest BCUT2D eigenvalue weighted by Gasteiger charge is 2.32. The summed E-state index contributed by atoms with van der Waals surface area (Å²) in [6.45, 7) is 0. The van der Waals surface area contributed by atoms with Crippen molar-refractivity contribution >= 4 is 43.6 Å². The maximum Gasteiger partial charge on any atom is 0.416 e. The number of methoxy groups -OCH3 is 1. The number of aromatic carboxylic acids is 1. The molecule has 150 valence electrons. The number of hydrogen-bond acceptors (Lipinski definition) is 5. The smallest absolute Gasteiger partial charge is 0.416 e. The Morgan fingerprint density at radius 3 is 2.32 bits per heavy atom. The largest absolute Gasteiger partial charge is 0.478 e. The third kappa shape index (κ3) is 4.81. The van der Waals surface area contributed by atoms with Gasteiger partial charge in [-0.15, -0.1) is 0 Å². The van der Waals surface area contributed by atoms with Crippen LogP contribution in [0.3, 0.4) is 0 Å². The topological polar surface area (TPSA) is 110 Å². The van der Waals surface area contributed by atoms with Crippen LogP contribution in [0.25, 0.3) is 0 Å². The first-order valence-corrected chi connectivity index (χ1v) is 9.49. The summed E-state index contributed by atoms with van der Waals surface area (Å²) < 4.78 is 70.6. The Bertz CT molecular complexity index is 1050. The number of carboxylic acids is 1. The van der Waals surface area contributed by atoms with Gasteiger partial charge in [0, 0.05) is 4.47 Å². The van der Waals surface area contributed by atoms with Crippen molar-refractivity contribution in [1.29, 1.82) is 0 Å². The molecule has 0 atom stereocenters. The second-order valence-corrected chi connectivity index (χ2v) is 7.88. The molecule has 2 rings (SSSR count). The monoisotopic (exact) mass is 481 g/mol. The van der Waals surface area contributed by atoms with Crippen molar-refractivity contribution < 1.29 is 41.0 Å². The Morgan fingerprint density at radius 2 is 1.79 bits per heavy atom. The lowest BCUT2D eigenvalue weighted by molar-refractivity contribution is -0.137. The van der Waals surface area contributed by atoms with Gasteiger partial charge in [0.1, 0.15) is 0 Å². The van der Waals surface area contributed by atoms with Crippen LogP contribution in [-0.2, 0) is 20.9 Å². The molecular weight excluding hydrogens is 471 g/mol. The van der Waals surface area contributed by atoms with Crippen LogP contribution >= 0.6 is 15.9 Å². The Balaban J connectivity index is 2.51. The van der Waals surface area contributed by atoms with E-state index in [2.05, 4.69) is 20.7 Å². The number of hydrogen-bond donors (Lipinski definition) is 2. The van der Waals surface area contributed by atoms with E-state index in [4.69, 9.17) is 5.11 Å². The van der Waals surface area contributed by atoms with E-state index < -0.39 is 49.8 Å². The second-order valence-electron chi connectivity index (χ2n) is 5.34. The third-order valence-electron chi connectivity index (χ3n) is 3.41. The van der Waals surface area contributed by atoms with Crippen LogP contribution in [0.15, 0.2) is 45.8 Å². The number of esters is 1. The Hall–Kier alpha value is -2.60. The van der Waals surface area contributed by atoms with Gasteiger partial charge in [-0.05, 0) is 52.3 Å². The molecule has 0 fully saturated rings. The molecule has 12 heteroatoms. The summed E-state index contributed by atoms with van der Waals surface area (Å²) in [7, 11) is -3.35. The summed E-state index contributed by atoms with van der Waals surface area (Å²) in [5.74, 6) is -2.50. The minimum absolute atomic E-state index is 0.124. The number of anilines is 1. The summed E-state index contributed by atoms with van der Waals surface area (Å²) in [5, 5.41) is 8.97. The lowest BCUT2D eigenvalue weighted by Gasteiger charge is -2.13. The van der Waals surface area contributed by atoms with Crippen LogP contribution in [0.4, 0.5) is 18.9 Å². The average Bonchev–Trinajstić information content (AvgIpc) is 2.59. The first kappa shape index (κ1) is 21.7. The van der Waals surface area contributed by atoms with Gasteiger partial charge in [0.2, 0.25) is 0 Å². The summed E-state index contributed by atoms with van der Waals surface area (Å²) in [6.07, 6.45) is -4.89. The lowest BCUT2D eigenvalue weighted by atomic mass is 10.1. The molecule has 0 radical (unpaired) electrons. The normalized spacial score (nSPS) is 11.8. The van der Waals surface area contributed by atoms with Gasteiger partial charge in [-0.2, -0.15) is 13.2 Å². The maximum atomic E-state index is 13.0. The number of halogens is 4. The second kappa shape index (κ2) is 7.80. The fourth-order valence-electron chi connectivity index (χ4n) is 2.13. The summed E-state index contributed by atoms with van der Waals surface area (Å²) in [4.78, 5) is 22.3. The van der Waals surface area contributed by atoms with Gasteiger partial charge in [-0.3, -0.25) is 4.72 Å². The van der Waals surface area contributed by atoms with E-state index in [1.54, 1.807) is 0 Å². The van der Waals surface area contributed by atoms with Crippen molar-refractivity contribution in [2.45, 2.75) is 11.1 Å². The molecule has 0 aromatic heterocycles. The fourth-order valence-corrected chi connectivity index (χ4v) is 3.60. The van der Waals surface area contributed by atoms with E-state index in [-0.39, 0.29) is 10.0 Å². The molecule has 0 bridgehead atoms. The van der Waals surface area contributed by atoms with E-state index in [9.17, 15) is 31.2 Å². The molecular formula is C16H11BrF3NO6S. The van der Waals surface area contributed by atoms with Crippen LogP contribution in [0.5, 0.6) is 0 Å². The molecule has 0 aliphatic rings. The number of sulfonamides is 1. The number of alkyl halides is 3. The zero-order valence-corrected chi connectivity index (χ0v) is 16.3. The molecule has 0 spiro atoms. The molecule has 0 heterocycles. The molecule has 0 saturated carbocycles. The number of carboxylic acid groups (broad SMARTS) is 1. The van der Waals surface area contributed by atoms with Crippen molar-refractivity contribution in [3.63, 3.8) is 0 Å². The summed E-state index contributed by atoms with van der Waals surface area (Å²) in [5.41, 5.74) is -2.81. The van der Waals surface area contributed by atoms with E-state index in [0.29, 0.717) is 12.1 Å². The first-order chi connectivity index (χ1) is 12.8. The van der Waals surface area contributed by atoms with Crippen molar-refractivity contribution in [2.24, 2.45) is 0 Å². The molecule has 0 unspecified atom stereocenters. The van der Waals surface area contributed by atoms with Gasteiger partial charge in [-0.25, -0.2) is 18.0 Å². The van der Waals surface area contributed by atoms with Gasteiger partial charge in [-0.1, -0.05) is 0 Å². The van der Waals surface area contributed by atoms with Gasteiger partial charge < -0.3 is 9.84 Å². The molecule has 0 aliphatic heterocycles. The lowest BCUT2D eigenvalue weighted by Crippen LogP contribution is -2.16. The minimum atomic E-state index is -4.89. The highest BCUT2D eigenvalue weighted by atomic mass is 79.9. The molecule has 2 N–H and O–H groups in total. The van der Waals surface area contributed by atoms with E-state index in [0.717, 1.165) is 25.3 Å². The van der Waals surface area contributed by atoms with Crippen molar-refractivity contribution in [3.8, 4) is 0 Å². The minimum Gasteiger partial charge on any atom is -0.478 e. The average molecular weight is 482 g/mol. The Kier molecular flexibility index (Phi) is 6.04. The number of carbonyl (C=O) groups excluding carboxylic acids is 1. The van der Waals surface area contributed by atoms with Crippen molar-refractivity contribution in [3.05, 3.63) is 57.6 Å². The van der Waals surface area contributed by atoms with Gasteiger partial charge in [0.15, 0.2) is 0 Å². The molecule has 7 nitrogen and oxygen atoms in total. The molecule has 2 aromatic carbocycles. The highest BCUT2D eigenvalue weighted by molar-refractivity contribution is 9.10. The maximum absolute atomic E-state index is 13.0. The van der Waals surface area contributed by atoms with Crippen LogP contribution in [0.2, 0.25) is 0 Å². The summed E-state index contributed by atoms with van der Waals surface area (Å²) >= 11 is 3.06. The van der Waals surface area contributed by atoms with Crippen LogP contribution in [0, 0.1) is 0 Å². The van der Waals surface area contributed by atoms with E-state index >= 15 is 0 Å². The number of carbonyl (C=O) groups is 2. The molecule has 0 aliphatic carbocycles. The fraction of sp³-hybridized carbons (Fsp3) is 0.125. The van der Waals surface area contributed by atoms with Gasteiger partial charge in [0.05, 0.1) is 34.4 Å².